The van der Waals surface area contributed by atoms with Gasteiger partial charge in [-0.25, -0.2) is 9.59 Å². The van der Waals surface area contributed by atoms with Gasteiger partial charge in [0.25, 0.3) is 0 Å². The quantitative estimate of drug-likeness (QED) is 0.401. The van der Waals surface area contributed by atoms with Crippen LogP contribution in [0.2, 0.25) is 0 Å². The van der Waals surface area contributed by atoms with E-state index in [1.54, 1.807) is 24.3 Å². The van der Waals surface area contributed by atoms with Gasteiger partial charge in [-0.15, -0.1) is 0 Å². The average molecular weight is 566 g/mol. The van der Waals surface area contributed by atoms with Gasteiger partial charge in [-0.3, -0.25) is 4.79 Å². The number of carboxylic acid groups (broad SMARTS) is 1. The number of hydrogen-bond acceptors (Lipinski definition) is 10. The van der Waals surface area contributed by atoms with Crippen molar-refractivity contribution in [2.45, 2.75) is 61.1 Å². The molecule has 0 saturated carbocycles. The fourth-order valence-electron chi connectivity index (χ4n) is 7.08. The van der Waals surface area contributed by atoms with Gasteiger partial charge in [-0.1, -0.05) is 36.4 Å². The van der Waals surface area contributed by atoms with Crippen molar-refractivity contribution in [2.24, 2.45) is 0 Å². The minimum Gasteiger partial charge on any atom is -0.493 e. The van der Waals surface area contributed by atoms with E-state index in [9.17, 15) is 29.7 Å². The third-order valence-corrected chi connectivity index (χ3v) is 8.98. The maximum Gasteiger partial charge on any atom is 0.349 e. The Hall–Kier alpha value is -3.93. The van der Waals surface area contributed by atoms with E-state index in [4.69, 9.17) is 18.9 Å². The van der Waals surface area contributed by atoms with Crippen molar-refractivity contribution in [3.8, 4) is 11.5 Å². The summed E-state index contributed by atoms with van der Waals surface area (Å²) in [5.74, 6) is -2.45. The molecule has 2 heterocycles. The lowest BCUT2D eigenvalue weighted by atomic mass is 9.50. The number of nitrogens with zero attached hydrogens (tertiary/aromatic N) is 1. The first-order valence-corrected chi connectivity index (χ1v) is 13.5. The topological polar surface area (TPSA) is 152 Å². The Bertz CT molecular complexity index is 1440. The molecule has 2 aliphatic heterocycles. The van der Waals surface area contributed by atoms with E-state index in [0.717, 1.165) is 11.1 Å². The van der Waals surface area contributed by atoms with Crippen LogP contribution < -0.4 is 9.47 Å². The standard InChI is InChI=1S/C30H31NO10/c1-31-13-12-29-23-17-8-9-19(38-2)25(23)41-26(29)20(10-11-30(29,37)21(31)14-17)39-28(36)18(32)15-22(33)40-24(27(34)35)16-6-4-3-5-7-16/h3-10,18,21,24,26,32,37H,11-15H2,1-2H3,(H,34,35)/t18-,21+,24-,26?,29?,30+/m0/s1. The normalized spacial score (nSPS) is 28.8. The van der Waals surface area contributed by atoms with Crippen LogP contribution in [0.3, 0.4) is 0 Å². The summed E-state index contributed by atoms with van der Waals surface area (Å²) in [5.41, 5.74) is 0.0320. The van der Waals surface area contributed by atoms with E-state index < -0.39 is 53.7 Å². The smallest absolute Gasteiger partial charge is 0.349 e. The summed E-state index contributed by atoms with van der Waals surface area (Å²) in [5, 5.41) is 32.3. The van der Waals surface area contributed by atoms with Gasteiger partial charge >= 0.3 is 17.9 Å². The molecular weight excluding hydrogens is 534 g/mol. The molecule has 6 rings (SSSR count). The Morgan fingerprint density at radius 2 is 1.93 bits per heavy atom. The maximum absolute atomic E-state index is 13.0. The number of likely N-dealkylation sites (tertiary alicyclic amines) is 1. The molecule has 41 heavy (non-hydrogen) atoms. The number of benzene rings is 2. The predicted molar refractivity (Wildman–Crippen MR) is 141 cm³/mol. The Morgan fingerprint density at radius 1 is 1.17 bits per heavy atom. The second-order valence-electron chi connectivity index (χ2n) is 11.0. The lowest BCUT2D eigenvalue weighted by Crippen LogP contribution is -2.74. The van der Waals surface area contributed by atoms with Crippen LogP contribution in [0.15, 0.2) is 54.3 Å². The minimum atomic E-state index is -1.92. The van der Waals surface area contributed by atoms with Gasteiger partial charge in [0.2, 0.25) is 6.10 Å². The van der Waals surface area contributed by atoms with Crippen molar-refractivity contribution in [3.63, 3.8) is 0 Å². The maximum atomic E-state index is 13.0. The fourth-order valence-corrected chi connectivity index (χ4v) is 7.08. The van der Waals surface area contributed by atoms with Crippen LogP contribution in [-0.4, -0.2) is 82.7 Å². The molecule has 11 nitrogen and oxygen atoms in total. The van der Waals surface area contributed by atoms with Crippen LogP contribution in [-0.2, 0) is 35.7 Å². The largest absolute Gasteiger partial charge is 0.493 e. The van der Waals surface area contributed by atoms with E-state index in [0.29, 0.717) is 30.9 Å². The highest BCUT2D eigenvalue weighted by molar-refractivity contribution is 5.84. The molecule has 2 unspecified atom stereocenters. The van der Waals surface area contributed by atoms with Gasteiger partial charge < -0.3 is 39.2 Å². The van der Waals surface area contributed by atoms with Gasteiger partial charge in [0.05, 0.1) is 24.5 Å². The van der Waals surface area contributed by atoms with Crippen molar-refractivity contribution < 1.29 is 48.7 Å². The van der Waals surface area contributed by atoms with Crippen molar-refractivity contribution in [1.82, 2.24) is 4.90 Å². The van der Waals surface area contributed by atoms with Gasteiger partial charge in [-0.05, 0) is 44.1 Å². The molecule has 4 aliphatic rings. The van der Waals surface area contributed by atoms with Crippen molar-refractivity contribution in [2.75, 3.05) is 20.7 Å². The van der Waals surface area contributed by atoms with Crippen molar-refractivity contribution >= 4 is 17.9 Å². The molecule has 2 aliphatic carbocycles. The van der Waals surface area contributed by atoms with Crippen LogP contribution in [0.25, 0.3) is 0 Å². The summed E-state index contributed by atoms with van der Waals surface area (Å²) in [7, 11) is 3.52. The summed E-state index contributed by atoms with van der Waals surface area (Å²) in [6.45, 7) is 0.685. The number of esters is 2. The van der Waals surface area contributed by atoms with Gasteiger partial charge in [0, 0.05) is 23.6 Å². The number of aliphatic hydroxyl groups excluding tert-OH is 1. The third-order valence-electron chi connectivity index (χ3n) is 8.98. The number of piperidine rings is 1. The number of aliphatic carboxylic acids is 1. The zero-order chi connectivity index (χ0) is 29.1. The first-order valence-electron chi connectivity index (χ1n) is 13.5. The first kappa shape index (κ1) is 27.3. The number of carboxylic acids is 1. The molecule has 0 aromatic heterocycles. The van der Waals surface area contributed by atoms with Crippen LogP contribution in [0.1, 0.15) is 42.1 Å². The zero-order valence-corrected chi connectivity index (χ0v) is 22.6. The lowest BCUT2D eigenvalue weighted by Gasteiger charge is -2.61. The van der Waals surface area contributed by atoms with Crippen molar-refractivity contribution in [1.29, 1.82) is 0 Å². The van der Waals surface area contributed by atoms with E-state index in [1.165, 1.54) is 19.2 Å². The number of hydrogen-bond donors (Lipinski definition) is 3. The molecule has 2 aromatic rings. The first-order chi connectivity index (χ1) is 19.6. The number of carbonyl (C=O) groups excluding carboxylic acids is 2. The molecule has 2 bridgehead atoms. The second kappa shape index (κ2) is 9.86. The Morgan fingerprint density at radius 3 is 2.63 bits per heavy atom. The third kappa shape index (κ3) is 4.02. The number of ether oxygens (including phenoxy) is 4. The van der Waals surface area contributed by atoms with Gasteiger partial charge in [-0.2, -0.15) is 0 Å². The van der Waals surface area contributed by atoms with E-state index in [2.05, 4.69) is 4.90 Å². The summed E-state index contributed by atoms with van der Waals surface area (Å²) >= 11 is 0. The molecule has 0 radical (unpaired) electrons. The fraction of sp³-hybridized carbons (Fsp3) is 0.433. The molecule has 2 aromatic carbocycles. The summed E-state index contributed by atoms with van der Waals surface area (Å²) in [6, 6.07) is 11.5. The highest BCUT2D eigenvalue weighted by Gasteiger charge is 2.72. The number of rotatable bonds is 8. The summed E-state index contributed by atoms with van der Waals surface area (Å²) < 4.78 is 22.7. The van der Waals surface area contributed by atoms with E-state index in [1.807, 2.05) is 19.2 Å². The minimum absolute atomic E-state index is 0.134. The molecule has 3 N–H and O–H groups in total. The van der Waals surface area contributed by atoms with Gasteiger partial charge in [0.1, 0.15) is 5.76 Å². The molecule has 1 saturated heterocycles. The molecule has 1 fully saturated rings. The lowest BCUT2D eigenvalue weighted by molar-refractivity contribution is -0.174. The number of likely N-dealkylation sites (N-methyl/N-ethyl adjacent to an activating group) is 1. The van der Waals surface area contributed by atoms with Crippen LogP contribution >= 0.6 is 0 Å². The van der Waals surface area contributed by atoms with E-state index >= 15 is 0 Å². The Labute approximate surface area is 235 Å². The highest BCUT2D eigenvalue weighted by Crippen LogP contribution is 2.65. The predicted octanol–water partition coefficient (Wildman–Crippen LogP) is 1.64. The molecule has 11 heteroatoms. The van der Waals surface area contributed by atoms with Gasteiger partial charge in [0.15, 0.2) is 23.7 Å². The monoisotopic (exact) mass is 565 g/mol. The van der Waals surface area contributed by atoms with Crippen LogP contribution in [0, 0.1) is 0 Å². The molecule has 1 spiro atoms. The molecule has 6 atom stereocenters. The molecule has 0 amide bonds. The second-order valence-corrected chi connectivity index (χ2v) is 11.0. The average Bonchev–Trinajstić information content (AvgIpc) is 3.31. The Kier molecular flexibility index (Phi) is 6.55. The molecule has 216 valence electrons. The zero-order valence-electron chi connectivity index (χ0n) is 22.6. The highest BCUT2D eigenvalue weighted by atomic mass is 16.6. The number of methoxy groups -OCH3 is 1. The van der Waals surface area contributed by atoms with E-state index in [-0.39, 0.29) is 23.8 Å². The SMILES string of the molecule is COc1ccc2c3c1OC1C(OC(=O)[C@@H](O)CC(=O)O[C@H](C(=O)O)c4ccccc4)=CC[C@@]4(O)[C@@H](C2)N(C)CCC314. The summed E-state index contributed by atoms with van der Waals surface area (Å²) in [4.78, 5) is 39.3. The van der Waals surface area contributed by atoms with Crippen LogP contribution in [0.5, 0.6) is 11.5 Å². The van der Waals surface area contributed by atoms with Crippen molar-refractivity contribution in [3.05, 3.63) is 71.0 Å². The summed E-state index contributed by atoms with van der Waals surface area (Å²) in [6.07, 6.45) is -2.22. The Balaban J connectivity index is 1.23. The number of aliphatic hydroxyl groups is 2. The van der Waals surface area contributed by atoms with Crippen LogP contribution in [0.4, 0.5) is 0 Å². The number of carbonyl (C=O) groups is 3. The molecular formula is C30H31NO10.